The van der Waals surface area contributed by atoms with Gasteiger partial charge in [-0.2, -0.15) is 17.1 Å². The lowest BCUT2D eigenvalue weighted by molar-refractivity contribution is -0.0838. The minimum atomic E-state index is -4.27. The zero-order valence-corrected chi connectivity index (χ0v) is 24.6. The lowest BCUT2D eigenvalue weighted by atomic mass is 10.1. The van der Waals surface area contributed by atoms with Crippen molar-refractivity contribution in [3.8, 4) is 17.4 Å². The van der Waals surface area contributed by atoms with Gasteiger partial charge in [0.2, 0.25) is 11.7 Å². The Morgan fingerprint density at radius 1 is 1.05 bits per heavy atom. The number of nitrogens with one attached hydrogen (secondary N) is 1. The number of nitrogens with zero attached hydrogens (tertiary/aromatic N) is 4. The van der Waals surface area contributed by atoms with Gasteiger partial charge >= 0.3 is 10.2 Å². The molecule has 0 saturated carbocycles. The molecule has 0 unspecified atom stereocenters. The van der Waals surface area contributed by atoms with Gasteiger partial charge in [-0.1, -0.05) is 13.0 Å². The Morgan fingerprint density at radius 2 is 1.81 bits per heavy atom. The number of amides is 1. The number of ether oxygens (including phenoxy) is 3. The van der Waals surface area contributed by atoms with Crippen LogP contribution in [0.5, 0.6) is 17.4 Å². The van der Waals surface area contributed by atoms with Crippen molar-refractivity contribution in [3.63, 3.8) is 0 Å². The number of rotatable bonds is 11. The van der Waals surface area contributed by atoms with Gasteiger partial charge in [-0.3, -0.25) is 9.78 Å². The van der Waals surface area contributed by atoms with Gasteiger partial charge in [0.25, 0.3) is 5.91 Å². The van der Waals surface area contributed by atoms with E-state index < -0.39 is 45.2 Å². The fourth-order valence-corrected chi connectivity index (χ4v) is 5.99. The van der Waals surface area contributed by atoms with Crippen molar-refractivity contribution >= 4 is 16.1 Å². The predicted octanol–water partition coefficient (Wildman–Crippen LogP) is 3.85. The number of hydrogen-bond acceptors (Lipinski definition) is 9. The Labute approximate surface area is 249 Å². The Balaban J connectivity index is 1.17. The second-order valence-electron chi connectivity index (χ2n) is 10.5. The van der Waals surface area contributed by atoms with Crippen LogP contribution in [0.1, 0.15) is 48.3 Å². The summed E-state index contributed by atoms with van der Waals surface area (Å²) >= 11 is 0. The maximum atomic E-state index is 15.0. The van der Waals surface area contributed by atoms with Crippen molar-refractivity contribution < 1.29 is 36.2 Å². The minimum absolute atomic E-state index is 0.0621. The van der Waals surface area contributed by atoms with Crippen LogP contribution in [0.2, 0.25) is 0 Å². The smallest absolute Gasteiger partial charge is 0.304 e. The standard InChI is InChI=1S/C29H33F2N5O6S/c1-3-24(23-9-7-20(16-33-23)41-26-6-4-5-13-32-26)42-25-10-8-22(27(30)28(25)31)29(37)34-43(38,39)36-17-21(18-36)40-19-11-14-35(2)15-12-19/h4-10,13,16,19,21,24H,3,11-12,14-15,17-18H2,1-2H3,(H,34,37)/t24-/m1/s1. The van der Waals surface area contributed by atoms with Crippen LogP contribution < -0.4 is 14.2 Å². The Morgan fingerprint density at radius 3 is 2.47 bits per heavy atom. The van der Waals surface area contributed by atoms with Crippen molar-refractivity contribution in [1.82, 2.24) is 23.9 Å². The van der Waals surface area contributed by atoms with Crippen LogP contribution in [0.25, 0.3) is 0 Å². The van der Waals surface area contributed by atoms with E-state index in [1.54, 1.807) is 43.5 Å². The van der Waals surface area contributed by atoms with Crippen LogP contribution in [0, 0.1) is 11.6 Å². The Bertz CT molecular complexity index is 1520. The van der Waals surface area contributed by atoms with E-state index in [1.165, 1.54) is 6.20 Å². The molecule has 0 radical (unpaired) electrons. The van der Waals surface area contributed by atoms with E-state index >= 15 is 4.39 Å². The van der Waals surface area contributed by atoms with Crippen molar-refractivity contribution in [2.75, 3.05) is 33.2 Å². The molecule has 4 heterocycles. The van der Waals surface area contributed by atoms with Crippen LogP contribution in [0.4, 0.5) is 8.78 Å². The number of piperidine rings is 1. The molecule has 2 aliphatic rings. The van der Waals surface area contributed by atoms with E-state index in [4.69, 9.17) is 14.2 Å². The van der Waals surface area contributed by atoms with Crippen molar-refractivity contribution in [3.05, 3.63) is 77.8 Å². The number of carbonyl (C=O) groups is 1. The first-order valence-electron chi connectivity index (χ1n) is 14.0. The number of carbonyl (C=O) groups excluding carboxylic acids is 1. The molecule has 2 saturated heterocycles. The highest BCUT2D eigenvalue weighted by Crippen LogP contribution is 2.30. The quantitative estimate of drug-likeness (QED) is 0.342. The molecule has 1 atom stereocenters. The third-order valence-electron chi connectivity index (χ3n) is 7.31. The molecule has 3 aromatic rings. The normalized spacial score (nSPS) is 17.7. The molecule has 2 aliphatic heterocycles. The Kier molecular flexibility index (Phi) is 9.49. The van der Waals surface area contributed by atoms with Gasteiger partial charge in [-0.05, 0) is 56.6 Å². The van der Waals surface area contributed by atoms with E-state index in [0.717, 1.165) is 42.4 Å². The van der Waals surface area contributed by atoms with Gasteiger partial charge in [-0.15, -0.1) is 0 Å². The molecule has 230 valence electrons. The molecule has 0 aliphatic carbocycles. The topological polar surface area (TPSA) is 123 Å². The monoisotopic (exact) mass is 617 g/mol. The maximum absolute atomic E-state index is 15.0. The lowest BCUT2D eigenvalue weighted by Gasteiger charge is -2.40. The number of pyridine rings is 2. The second kappa shape index (κ2) is 13.3. The van der Waals surface area contributed by atoms with Gasteiger partial charge in [0.1, 0.15) is 11.9 Å². The summed E-state index contributed by atoms with van der Waals surface area (Å²) in [5.41, 5.74) is -0.327. The zero-order chi connectivity index (χ0) is 30.6. The van der Waals surface area contributed by atoms with Crippen molar-refractivity contribution in [1.29, 1.82) is 0 Å². The molecular weight excluding hydrogens is 584 g/mol. The van der Waals surface area contributed by atoms with E-state index in [1.807, 2.05) is 11.8 Å². The highest BCUT2D eigenvalue weighted by atomic mass is 32.2. The van der Waals surface area contributed by atoms with Gasteiger partial charge < -0.3 is 19.1 Å². The number of aromatic nitrogens is 2. The Hall–Kier alpha value is -3.72. The molecule has 1 aromatic carbocycles. The molecule has 0 spiro atoms. The SMILES string of the molecule is CC[C@@H](Oc1ccc(C(=O)NS(=O)(=O)N2CC(OC3CCN(C)CC3)C2)c(F)c1F)c1ccc(Oc2ccccn2)cn1. The summed E-state index contributed by atoms with van der Waals surface area (Å²) in [4.78, 5) is 23.2. The zero-order valence-electron chi connectivity index (χ0n) is 23.8. The first-order chi connectivity index (χ1) is 20.6. The van der Waals surface area contributed by atoms with E-state index in [-0.39, 0.29) is 25.3 Å². The second-order valence-corrected chi connectivity index (χ2v) is 12.1. The van der Waals surface area contributed by atoms with Gasteiger partial charge in [-0.25, -0.2) is 14.1 Å². The largest absolute Gasteiger partial charge is 0.481 e. The van der Waals surface area contributed by atoms with Crippen LogP contribution in [-0.4, -0.2) is 78.9 Å². The molecule has 0 bridgehead atoms. The molecule has 14 heteroatoms. The summed E-state index contributed by atoms with van der Waals surface area (Å²) < 4.78 is 75.4. The molecule has 43 heavy (non-hydrogen) atoms. The van der Waals surface area contributed by atoms with Gasteiger partial charge in [0, 0.05) is 38.4 Å². The molecule has 11 nitrogen and oxygen atoms in total. The van der Waals surface area contributed by atoms with Gasteiger partial charge in [0.15, 0.2) is 11.6 Å². The fourth-order valence-electron chi connectivity index (χ4n) is 4.79. The molecule has 2 fully saturated rings. The van der Waals surface area contributed by atoms with E-state index in [9.17, 15) is 17.6 Å². The van der Waals surface area contributed by atoms with E-state index in [0.29, 0.717) is 23.7 Å². The number of halogens is 2. The van der Waals surface area contributed by atoms with Crippen LogP contribution >= 0.6 is 0 Å². The number of likely N-dealkylation sites (tertiary alicyclic amines) is 1. The van der Waals surface area contributed by atoms with Crippen molar-refractivity contribution in [2.24, 2.45) is 0 Å². The summed E-state index contributed by atoms with van der Waals surface area (Å²) in [5.74, 6) is -3.87. The van der Waals surface area contributed by atoms with Gasteiger partial charge in [0.05, 0.1) is 29.7 Å². The molecule has 5 rings (SSSR count). The summed E-state index contributed by atoms with van der Waals surface area (Å²) in [6.45, 7) is 3.74. The summed E-state index contributed by atoms with van der Waals surface area (Å²) in [7, 11) is -2.24. The predicted molar refractivity (Wildman–Crippen MR) is 152 cm³/mol. The minimum Gasteiger partial charge on any atom is -0.481 e. The summed E-state index contributed by atoms with van der Waals surface area (Å²) in [5, 5.41) is 0. The number of benzene rings is 1. The van der Waals surface area contributed by atoms with Crippen LogP contribution in [0.15, 0.2) is 54.9 Å². The maximum Gasteiger partial charge on any atom is 0.304 e. The van der Waals surface area contributed by atoms with Crippen LogP contribution in [0.3, 0.4) is 0 Å². The lowest BCUT2D eigenvalue weighted by Crippen LogP contribution is -2.59. The molecule has 1 amide bonds. The average molecular weight is 618 g/mol. The summed E-state index contributed by atoms with van der Waals surface area (Å²) in [6.07, 6.45) is 4.19. The summed E-state index contributed by atoms with van der Waals surface area (Å²) in [6, 6.07) is 10.6. The highest BCUT2D eigenvalue weighted by molar-refractivity contribution is 7.87. The van der Waals surface area contributed by atoms with Crippen LogP contribution in [-0.2, 0) is 14.9 Å². The molecule has 2 aromatic heterocycles. The third-order valence-corrected chi connectivity index (χ3v) is 8.73. The number of hydrogen-bond donors (Lipinski definition) is 1. The molecule has 1 N–H and O–H groups in total. The average Bonchev–Trinajstić information content (AvgIpc) is 2.97. The first-order valence-corrected chi connectivity index (χ1v) is 15.4. The van der Waals surface area contributed by atoms with E-state index in [2.05, 4.69) is 14.9 Å². The highest BCUT2D eigenvalue weighted by Gasteiger charge is 2.39. The fraction of sp³-hybridized carbons (Fsp3) is 0.414. The third kappa shape index (κ3) is 7.44. The van der Waals surface area contributed by atoms with Crippen molar-refractivity contribution in [2.45, 2.75) is 44.5 Å². The first kappa shape index (κ1) is 30.7. The molecular formula is C29H33F2N5O6S.